The second-order valence-corrected chi connectivity index (χ2v) is 8.74. The van der Waals surface area contributed by atoms with Crippen LogP contribution in [-0.4, -0.2) is 38.9 Å². The Labute approximate surface area is 157 Å². The maximum Gasteiger partial charge on any atom is 0.416 e. The van der Waals surface area contributed by atoms with Gasteiger partial charge in [-0.05, 0) is 25.1 Å². The van der Waals surface area contributed by atoms with Crippen LogP contribution >= 0.6 is 0 Å². The quantitative estimate of drug-likeness (QED) is 0.856. The largest absolute Gasteiger partial charge is 0.416 e. The molecule has 1 aliphatic heterocycles. The predicted molar refractivity (Wildman–Crippen MR) is 95.8 cm³/mol. The van der Waals surface area contributed by atoms with Gasteiger partial charge >= 0.3 is 6.18 Å². The molecule has 2 aromatic carbocycles. The van der Waals surface area contributed by atoms with Crippen LogP contribution in [0.25, 0.3) is 0 Å². The first-order valence-electron chi connectivity index (χ1n) is 8.73. The molecule has 0 radical (unpaired) electrons. The Morgan fingerprint density at radius 1 is 1.00 bits per heavy atom. The molecule has 0 saturated carbocycles. The van der Waals surface area contributed by atoms with Gasteiger partial charge in [-0.1, -0.05) is 35.9 Å². The van der Waals surface area contributed by atoms with Crippen molar-refractivity contribution in [1.29, 1.82) is 0 Å². The molecule has 1 fully saturated rings. The van der Waals surface area contributed by atoms with Crippen LogP contribution in [0.1, 0.15) is 16.7 Å². The molecule has 2 aromatic rings. The summed E-state index contributed by atoms with van der Waals surface area (Å²) in [6.07, 6.45) is -4.38. The van der Waals surface area contributed by atoms with Gasteiger partial charge in [-0.3, -0.25) is 0 Å². The fourth-order valence-electron chi connectivity index (χ4n) is 3.30. The number of benzene rings is 2. The summed E-state index contributed by atoms with van der Waals surface area (Å²) in [5, 5.41) is 0. The van der Waals surface area contributed by atoms with Crippen molar-refractivity contribution >= 4 is 10.0 Å². The Kier molecular flexibility index (Phi) is 5.60. The molecule has 1 saturated heterocycles. The number of alkyl halides is 3. The molecule has 146 valence electrons. The summed E-state index contributed by atoms with van der Waals surface area (Å²) in [6.45, 7) is 3.64. The summed E-state index contributed by atoms with van der Waals surface area (Å²) in [4.78, 5) is 1.20. The Balaban J connectivity index is 1.67. The van der Waals surface area contributed by atoms with Crippen LogP contribution in [0.4, 0.5) is 13.2 Å². The van der Waals surface area contributed by atoms with E-state index in [9.17, 15) is 21.6 Å². The third-order valence-corrected chi connectivity index (χ3v) is 6.76. The number of aryl methyl sites for hydroxylation is 1. The molecule has 0 atom stereocenters. The van der Waals surface area contributed by atoms with Gasteiger partial charge in [0.2, 0.25) is 10.0 Å². The number of sulfonamides is 1. The lowest BCUT2D eigenvalue weighted by molar-refractivity contribution is -0.917. The first-order chi connectivity index (χ1) is 12.7. The lowest BCUT2D eigenvalue weighted by atomic mass is 10.1. The van der Waals surface area contributed by atoms with E-state index < -0.39 is 21.8 Å². The van der Waals surface area contributed by atoms with Gasteiger partial charge < -0.3 is 4.90 Å². The number of hydrogen-bond donors (Lipinski definition) is 1. The molecule has 1 aliphatic rings. The summed E-state index contributed by atoms with van der Waals surface area (Å²) < 4.78 is 66.3. The Bertz CT molecular complexity index is 888. The van der Waals surface area contributed by atoms with Crippen molar-refractivity contribution in [2.75, 3.05) is 26.2 Å². The summed E-state index contributed by atoms with van der Waals surface area (Å²) >= 11 is 0. The Hall–Kier alpha value is -1.90. The summed E-state index contributed by atoms with van der Waals surface area (Å²) in [5.41, 5.74) is 0.605. The molecule has 8 heteroatoms. The van der Waals surface area contributed by atoms with Crippen molar-refractivity contribution in [3.63, 3.8) is 0 Å². The first kappa shape index (κ1) is 19.9. The average molecular weight is 399 g/mol. The van der Waals surface area contributed by atoms with Gasteiger partial charge in [-0.25, -0.2) is 8.42 Å². The molecule has 27 heavy (non-hydrogen) atoms. The number of piperazine rings is 1. The number of rotatable bonds is 4. The molecule has 4 nitrogen and oxygen atoms in total. The van der Waals surface area contributed by atoms with Gasteiger partial charge in [0.25, 0.3) is 0 Å². The monoisotopic (exact) mass is 399 g/mol. The molecular formula is C19H22F3N2O2S+. The van der Waals surface area contributed by atoms with Crippen molar-refractivity contribution in [2.24, 2.45) is 0 Å². The van der Waals surface area contributed by atoms with Crippen LogP contribution in [-0.2, 0) is 22.7 Å². The molecule has 0 aromatic heterocycles. The normalized spacial score (nSPS) is 17.2. The summed E-state index contributed by atoms with van der Waals surface area (Å²) in [7, 11) is -3.57. The van der Waals surface area contributed by atoms with Gasteiger partial charge in [0.05, 0.1) is 36.6 Å². The van der Waals surface area contributed by atoms with E-state index in [0.29, 0.717) is 26.2 Å². The second kappa shape index (κ2) is 7.61. The van der Waals surface area contributed by atoms with E-state index >= 15 is 0 Å². The molecule has 0 amide bonds. The summed E-state index contributed by atoms with van der Waals surface area (Å²) in [5.74, 6) is 0. The SMILES string of the molecule is Cc1ccc(S(=O)(=O)N2CC[NH+](Cc3ccccc3C(F)(F)F)CC2)cc1. The third-order valence-electron chi connectivity index (χ3n) is 4.85. The highest BCUT2D eigenvalue weighted by molar-refractivity contribution is 7.89. The number of quaternary nitrogens is 1. The Morgan fingerprint density at radius 2 is 1.59 bits per heavy atom. The zero-order valence-corrected chi connectivity index (χ0v) is 15.8. The van der Waals surface area contributed by atoms with Crippen molar-refractivity contribution in [2.45, 2.75) is 24.5 Å². The van der Waals surface area contributed by atoms with Gasteiger partial charge in [-0.15, -0.1) is 0 Å². The highest BCUT2D eigenvalue weighted by atomic mass is 32.2. The lowest BCUT2D eigenvalue weighted by Crippen LogP contribution is -3.13. The Morgan fingerprint density at radius 3 is 2.19 bits per heavy atom. The molecule has 1 heterocycles. The third kappa shape index (κ3) is 4.51. The van der Waals surface area contributed by atoms with E-state index in [2.05, 4.69) is 0 Å². The molecular weight excluding hydrogens is 377 g/mol. The van der Waals surface area contributed by atoms with E-state index in [1.165, 1.54) is 16.4 Å². The number of halogens is 3. The molecule has 3 rings (SSSR count). The second-order valence-electron chi connectivity index (χ2n) is 6.80. The maximum atomic E-state index is 13.1. The van der Waals surface area contributed by atoms with Crippen LogP contribution in [0, 0.1) is 6.92 Å². The van der Waals surface area contributed by atoms with Crippen LogP contribution < -0.4 is 4.90 Å². The minimum atomic E-state index is -4.38. The number of nitrogens with zero attached hydrogens (tertiary/aromatic N) is 1. The van der Waals surface area contributed by atoms with Crippen molar-refractivity contribution in [1.82, 2.24) is 4.31 Å². The van der Waals surface area contributed by atoms with E-state index in [4.69, 9.17) is 0 Å². The standard InChI is InChI=1S/C19H21F3N2O2S/c1-15-6-8-17(9-7-15)27(25,26)24-12-10-23(11-13-24)14-16-4-2-3-5-18(16)19(20,21)22/h2-9H,10-14H2,1H3/p+1. The molecule has 0 spiro atoms. The molecule has 0 unspecified atom stereocenters. The zero-order chi connectivity index (χ0) is 19.7. The highest BCUT2D eigenvalue weighted by Crippen LogP contribution is 2.31. The van der Waals surface area contributed by atoms with Gasteiger partial charge in [0.15, 0.2) is 0 Å². The minimum Gasteiger partial charge on any atom is -0.329 e. The number of nitrogens with one attached hydrogen (secondary N) is 1. The minimum absolute atomic E-state index is 0.230. The van der Waals surface area contributed by atoms with E-state index in [1.54, 1.807) is 30.3 Å². The van der Waals surface area contributed by atoms with Crippen molar-refractivity contribution in [3.05, 3.63) is 65.2 Å². The smallest absolute Gasteiger partial charge is 0.329 e. The fourth-order valence-corrected chi connectivity index (χ4v) is 4.74. The van der Waals surface area contributed by atoms with Crippen molar-refractivity contribution in [3.8, 4) is 0 Å². The van der Waals surface area contributed by atoms with Gasteiger partial charge in [-0.2, -0.15) is 17.5 Å². The highest BCUT2D eigenvalue weighted by Gasteiger charge is 2.35. The van der Waals surface area contributed by atoms with E-state index in [-0.39, 0.29) is 17.0 Å². The van der Waals surface area contributed by atoms with Crippen LogP contribution in [0.3, 0.4) is 0 Å². The maximum absolute atomic E-state index is 13.1. The van der Waals surface area contributed by atoms with E-state index in [0.717, 1.165) is 16.5 Å². The van der Waals surface area contributed by atoms with E-state index in [1.807, 2.05) is 6.92 Å². The van der Waals surface area contributed by atoms with Crippen LogP contribution in [0.2, 0.25) is 0 Å². The zero-order valence-electron chi connectivity index (χ0n) is 15.0. The average Bonchev–Trinajstić information content (AvgIpc) is 2.62. The molecule has 1 N–H and O–H groups in total. The van der Waals surface area contributed by atoms with Crippen LogP contribution in [0.5, 0.6) is 0 Å². The first-order valence-corrected chi connectivity index (χ1v) is 10.2. The molecule has 0 aliphatic carbocycles. The summed E-state index contributed by atoms with van der Waals surface area (Å²) in [6, 6.07) is 12.2. The fraction of sp³-hybridized carbons (Fsp3) is 0.368. The molecule has 0 bridgehead atoms. The predicted octanol–water partition coefficient (Wildman–Crippen LogP) is 2.10. The number of hydrogen-bond acceptors (Lipinski definition) is 2. The lowest BCUT2D eigenvalue weighted by Gasteiger charge is -2.32. The van der Waals surface area contributed by atoms with Crippen molar-refractivity contribution < 1.29 is 26.5 Å². The topological polar surface area (TPSA) is 41.8 Å². The van der Waals surface area contributed by atoms with Crippen LogP contribution in [0.15, 0.2) is 53.4 Å². The van der Waals surface area contributed by atoms with Gasteiger partial charge in [0.1, 0.15) is 6.54 Å². The van der Waals surface area contributed by atoms with Gasteiger partial charge in [0, 0.05) is 5.56 Å².